The number of benzene rings is 1. The number of piperazine rings is 1. The molecule has 6 rings (SSSR count). The fourth-order valence-corrected chi connectivity index (χ4v) is 4.53. The van der Waals surface area contributed by atoms with E-state index in [1.807, 2.05) is 28.9 Å². The molecule has 1 fully saturated rings. The highest BCUT2D eigenvalue weighted by molar-refractivity contribution is 5.65. The van der Waals surface area contributed by atoms with E-state index in [4.69, 9.17) is 9.47 Å². The molecule has 1 aromatic carbocycles. The van der Waals surface area contributed by atoms with Crippen molar-refractivity contribution in [3.8, 4) is 22.6 Å². The highest BCUT2D eigenvalue weighted by Crippen LogP contribution is 2.34. The van der Waals surface area contributed by atoms with Gasteiger partial charge in [0.05, 0.1) is 11.6 Å². The maximum Gasteiger partial charge on any atom is 0.231 e. The molecule has 1 saturated heterocycles. The van der Waals surface area contributed by atoms with Gasteiger partial charge in [0, 0.05) is 50.3 Å². The molecule has 2 aliphatic heterocycles. The van der Waals surface area contributed by atoms with E-state index in [0.717, 1.165) is 60.0 Å². The molecular formula is C24H24N6O2. The summed E-state index contributed by atoms with van der Waals surface area (Å²) in [5.74, 6) is 1.66. The van der Waals surface area contributed by atoms with Gasteiger partial charge in [0.2, 0.25) is 6.79 Å². The minimum atomic E-state index is 0.182. The Morgan fingerprint density at radius 2 is 1.84 bits per heavy atom. The van der Waals surface area contributed by atoms with E-state index < -0.39 is 0 Å². The lowest BCUT2D eigenvalue weighted by atomic mass is 10.1. The number of nitrogens with zero attached hydrogens (tertiary/aromatic N) is 6. The standard InChI is InChI=1S/C24H24N6O2/c1-28-10-11-29(13-17-2-5-22-23(12-17)32-16-31-22)15-21(28)24-20-4-3-19(14-30(20)27-26-24)18-6-8-25-9-7-18/h2-9,12,14,21H,10-11,13,15-16H2,1H3/t21-/m1/s1. The van der Waals surface area contributed by atoms with E-state index in [1.54, 1.807) is 12.4 Å². The summed E-state index contributed by atoms with van der Waals surface area (Å²) >= 11 is 0. The summed E-state index contributed by atoms with van der Waals surface area (Å²) in [7, 11) is 2.17. The molecule has 0 bridgehead atoms. The lowest BCUT2D eigenvalue weighted by Crippen LogP contribution is -2.46. The Morgan fingerprint density at radius 3 is 2.75 bits per heavy atom. The number of ether oxygens (including phenoxy) is 2. The summed E-state index contributed by atoms with van der Waals surface area (Å²) in [6.07, 6.45) is 5.64. The normalized spacial score (nSPS) is 19.0. The highest BCUT2D eigenvalue weighted by Gasteiger charge is 2.29. The summed E-state index contributed by atoms with van der Waals surface area (Å²) in [5.41, 5.74) is 5.50. The zero-order valence-electron chi connectivity index (χ0n) is 17.9. The van der Waals surface area contributed by atoms with Crippen LogP contribution >= 0.6 is 0 Å². The molecule has 5 heterocycles. The predicted molar refractivity (Wildman–Crippen MR) is 119 cm³/mol. The molecule has 0 aliphatic carbocycles. The number of pyridine rings is 2. The molecule has 0 radical (unpaired) electrons. The zero-order valence-corrected chi connectivity index (χ0v) is 17.9. The molecule has 2 aliphatic rings. The van der Waals surface area contributed by atoms with Gasteiger partial charge in [0.15, 0.2) is 11.5 Å². The molecule has 0 unspecified atom stereocenters. The molecule has 8 heteroatoms. The largest absolute Gasteiger partial charge is 0.454 e. The SMILES string of the molecule is CN1CCN(Cc2ccc3c(c2)OCO3)C[C@@H]1c1nnn2cc(-c3ccncc3)ccc12. The van der Waals surface area contributed by atoms with Crippen LogP contribution in [0.5, 0.6) is 11.5 Å². The molecule has 162 valence electrons. The minimum absolute atomic E-state index is 0.182. The Bertz CT molecular complexity index is 1260. The van der Waals surface area contributed by atoms with Crippen LogP contribution in [0.4, 0.5) is 0 Å². The van der Waals surface area contributed by atoms with Crippen LogP contribution in [0.2, 0.25) is 0 Å². The molecule has 0 amide bonds. The number of rotatable bonds is 4. The van der Waals surface area contributed by atoms with Gasteiger partial charge in [-0.15, -0.1) is 5.10 Å². The van der Waals surface area contributed by atoms with Gasteiger partial charge in [-0.05, 0) is 48.5 Å². The Morgan fingerprint density at radius 1 is 0.969 bits per heavy atom. The lowest BCUT2D eigenvalue weighted by Gasteiger charge is -2.38. The third kappa shape index (κ3) is 3.47. The Labute approximate surface area is 186 Å². The molecular weight excluding hydrogens is 404 g/mol. The molecule has 3 aromatic heterocycles. The second-order valence-corrected chi connectivity index (χ2v) is 8.38. The summed E-state index contributed by atoms with van der Waals surface area (Å²) in [6, 6.07) is 14.6. The van der Waals surface area contributed by atoms with E-state index in [-0.39, 0.29) is 6.04 Å². The van der Waals surface area contributed by atoms with Crippen LogP contribution in [0.3, 0.4) is 0 Å². The maximum atomic E-state index is 5.54. The number of aromatic nitrogens is 4. The Balaban J connectivity index is 1.24. The van der Waals surface area contributed by atoms with Gasteiger partial charge >= 0.3 is 0 Å². The van der Waals surface area contributed by atoms with Crippen LogP contribution in [0.25, 0.3) is 16.6 Å². The molecule has 32 heavy (non-hydrogen) atoms. The summed E-state index contributed by atoms with van der Waals surface area (Å²) in [4.78, 5) is 8.95. The van der Waals surface area contributed by atoms with Gasteiger partial charge in [-0.2, -0.15) is 0 Å². The van der Waals surface area contributed by atoms with Gasteiger partial charge in [-0.3, -0.25) is 14.8 Å². The van der Waals surface area contributed by atoms with E-state index >= 15 is 0 Å². The maximum absolute atomic E-state index is 5.54. The van der Waals surface area contributed by atoms with Gasteiger partial charge < -0.3 is 9.47 Å². The highest BCUT2D eigenvalue weighted by atomic mass is 16.7. The van der Waals surface area contributed by atoms with Crippen molar-refractivity contribution in [2.24, 2.45) is 0 Å². The number of likely N-dealkylation sites (N-methyl/N-ethyl adjacent to an activating group) is 1. The third-order valence-electron chi connectivity index (χ3n) is 6.34. The lowest BCUT2D eigenvalue weighted by molar-refractivity contribution is 0.0889. The van der Waals surface area contributed by atoms with Gasteiger partial charge in [0.1, 0.15) is 5.69 Å². The second-order valence-electron chi connectivity index (χ2n) is 8.38. The minimum Gasteiger partial charge on any atom is -0.454 e. The smallest absolute Gasteiger partial charge is 0.231 e. The van der Waals surface area contributed by atoms with E-state index in [1.165, 1.54) is 5.56 Å². The average molecular weight is 428 g/mol. The summed E-state index contributed by atoms with van der Waals surface area (Å²) in [6.45, 7) is 4.05. The first-order valence-corrected chi connectivity index (χ1v) is 10.8. The first-order chi connectivity index (χ1) is 15.7. The van der Waals surface area contributed by atoms with Crippen molar-refractivity contribution in [3.05, 3.63) is 72.3 Å². The fraction of sp³-hybridized carbons (Fsp3) is 0.292. The van der Waals surface area contributed by atoms with Crippen LogP contribution in [0.1, 0.15) is 17.3 Å². The van der Waals surface area contributed by atoms with Crippen molar-refractivity contribution in [1.82, 2.24) is 29.6 Å². The van der Waals surface area contributed by atoms with Crippen molar-refractivity contribution >= 4 is 5.52 Å². The molecule has 0 saturated carbocycles. The number of hydrogen-bond donors (Lipinski definition) is 0. The molecule has 8 nitrogen and oxygen atoms in total. The Kier molecular flexibility index (Phi) is 4.74. The van der Waals surface area contributed by atoms with Crippen LogP contribution in [-0.4, -0.2) is 63.1 Å². The Hall–Kier alpha value is -3.49. The number of fused-ring (bicyclic) bond motifs is 2. The first kappa shape index (κ1) is 19.2. The van der Waals surface area contributed by atoms with E-state index in [9.17, 15) is 0 Å². The molecule has 0 N–H and O–H groups in total. The quantitative estimate of drug-likeness (QED) is 0.495. The van der Waals surface area contributed by atoms with Gasteiger partial charge in [0.25, 0.3) is 0 Å². The molecule has 0 spiro atoms. The van der Waals surface area contributed by atoms with E-state index in [2.05, 4.69) is 56.4 Å². The van der Waals surface area contributed by atoms with Crippen molar-refractivity contribution in [1.29, 1.82) is 0 Å². The van der Waals surface area contributed by atoms with Crippen molar-refractivity contribution in [3.63, 3.8) is 0 Å². The summed E-state index contributed by atoms with van der Waals surface area (Å²) in [5, 5.41) is 9.03. The van der Waals surface area contributed by atoms with Crippen LogP contribution < -0.4 is 9.47 Å². The third-order valence-corrected chi connectivity index (χ3v) is 6.34. The monoisotopic (exact) mass is 428 g/mol. The van der Waals surface area contributed by atoms with Crippen molar-refractivity contribution in [2.45, 2.75) is 12.6 Å². The molecule has 1 atom stereocenters. The van der Waals surface area contributed by atoms with Crippen LogP contribution in [-0.2, 0) is 6.54 Å². The number of hydrogen-bond acceptors (Lipinski definition) is 7. The van der Waals surface area contributed by atoms with Gasteiger partial charge in [-0.25, -0.2) is 4.52 Å². The van der Waals surface area contributed by atoms with Crippen molar-refractivity contribution in [2.75, 3.05) is 33.5 Å². The van der Waals surface area contributed by atoms with Crippen LogP contribution in [0, 0.1) is 0 Å². The zero-order chi connectivity index (χ0) is 21.5. The average Bonchev–Trinajstić information content (AvgIpc) is 3.47. The van der Waals surface area contributed by atoms with Gasteiger partial charge in [-0.1, -0.05) is 17.3 Å². The van der Waals surface area contributed by atoms with E-state index in [0.29, 0.717) is 6.79 Å². The topological polar surface area (TPSA) is 68.0 Å². The fourth-order valence-electron chi connectivity index (χ4n) is 4.53. The van der Waals surface area contributed by atoms with Crippen LogP contribution in [0.15, 0.2) is 61.1 Å². The first-order valence-electron chi connectivity index (χ1n) is 10.8. The predicted octanol–water partition coefficient (Wildman–Crippen LogP) is 3.01. The van der Waals surface area contributed by atoms with Crippen molar-refractivity contribution < 1.29 is 9.47 Å². The molecule has 4 aromatic rings. The second kappa shape index (κ2) is 7.89. The summed E-state index contributed by atoms with van der Waals surface area (Å²) < 4.78 is 12.9.